The van der Waals surface area contributed by atoms with Crippen molar-refractivity contribution in [3.8, 4) is 0 Å². The van der Waals surface area contributed by atoms with Crippen molar-refractivity contribution in [2.75, 3.05) is 13.2 Å². The molecule has 0 bridgehead atoms. The van der Waals surface area contributed by atoms with E-state index >= 15 is 0 Å². The molecule has 0 aliphatic heterocycles. The summed E-state index contributed by atoms with van der Waals surface area (Å²) < 4.78 is 4.85. The van der Waals surface area contributed by atoms with Crippen LogP contribution in [0.5, 0.6) is 0 Å². The van der Waals surface area contributed by atoms with Crippen LogP contribution >= 0.6 is 0 Å². The molecule has 0 fully saturated rings. The number of hydrogen-bond donors (Lipinski definition) is 2. The quantitative estimate of drug-likeness (QED) is 0.507. The number of hydrogen-bond acceptors (Lipinski definition) is 4. The van der Waals surface area contributed by atoms with E-state index in [2.05, 4.69) is 0 Å². The van der Waals surface area contributed by atoms with Crippen LogP contribution in [0.2, 0.25) is 0 Å². The maximum absolute atomic E-state index is 10.6. The summed E-state index contributed by atoms with van der Waals surface area (Å²) >= 11 is 0. The van der Waals surface area contributed by atoms with Gasteiger partial charge in [-0.15, -0.1) is 0 Å². The van der Waals surface area contributed by atoms with E-state index in [4.69, 9.17) is 9.84 Å². The Kier molecular flexibility index (Phi) is 10.5. The minimum Gasteiger partial charge on any atom is -0.462 e. The molecule has 4 heteroatoms. The number of aliphatic hydroxyl groups excluding tert-OH is 2. The lowest BCUT2D eigenvalue weighted by atomic mass is 10.0. The molecule has 0 saturated carbocycles. The van der Waals surface area contributed by atoms with Crippen molar-refractivity contribution in [2.45, 2.75) is 53.1 Å². The first-order chi connectivity index (χ1) is 9.86. The van der Waals surface area contributed by atoms with Crippen molar-refractivity contribution in [1.29, 1.82) is 0 Å². The molecular formula is C17H28O4. The highest BCUT2D eigenvalue weighted by Crippen LogP contribution is 2.12. The third-order valence-electron chi connectivity index (χ3n) is 3.19. The second-order valence-corrected chi connectivity index (χ2v) is 5.30. The number of aliphatic hydroxyl groups is 2. The SMILES string of the molecule is CC(=O)OCC=C(C)CCC=C(C)C(O)CC=C(C)CO. The van der Waals surface area contributed by atoms with Crippen LogP contribution in [0, 0.1) is 0 Å². The molecule has 0 saturated heterocycles. The molecule has 1 unspecified atom stereocenters. The highest BCUT2D eigenvalue weighted by molar-refractivity contribution is 5.66. The lowest BCUT2D eigenvalue weighted by Gasteiger charge is -2.09. The molecule has 4 nitrogen and oxygen atoms in total. The van der Waals surface area contributed by atoms with Gasteiger partial charge in [0.05, 0.1) is 12.7 Å². The monoisotopic (exact) mass is 296 g/mol. The molecule has 0 spiro atoms. The minimum atomic E-state index is -0.503. The summed E-state index contributed by atoms with van der Waals surface area (Å²) in [6.07, 6.45) is 7.51. The van der Waals surface area contributed by atoms with Crippen LogP contribution in [0.25, 0.3) is 0 Å². The van der Waals surface area contributed by atoms with E-state index in [-0.39, 0.29) is 12.6 Å². The molecule has 0 rings (SSSR count). The fourth-order valence-corrected chi connectivity index (χ4v) is 1.63. The average molecular weight is 296 g/mol. The first kappa shape index (κ1) is 19.6. The maximum atomic E-state index is 10.6. The van der Waals surface area contributed by atoms with Crippen LogP contribution in [-0.2, 0) is 9.53 Å². The van der Waals surface area contributed by atoms with Gasteiger partial charge < -0.3 is 14.9 Å². The number of allylic oxidation sites excluding steroid dienone is 2. The van der Waals surface area contributed by atoms with E-state index in [1.165, 1.54) is 6.92 Å². The summed E-state index contributed by atoms with van der Waals surface area (Å²) in [5.41, 5.74) is 2.96. The van der Waals surface area contributed by atoms with Crippen LogP contribution in [-0.4, -0.2) is 35.5 Å². The first-order valence-corrected chi connectivity index (χ1v) is 7.27. The standard InChI is InChI=1S/C17H28O4/c1-13(10-11-21-16(4)19)6-5-7-15(3)17(20)9-8-14(2)12-18/h7-8,10,17-18,20H,5-6,9,11-12H2,1-4H3. The summed E-state index contributed by atoms with van der Waals surface area (Å²) in [5.74, 6) is -0.274. The van der Waals surface area contributed by atoms with Gasteiger partial charge in [-0.2, -0.15) is 0 Å². The molecule has 21 heavy (non-hydrogen) atoms. The van der Waals surface area contributed by atoms with E-state index in [1.54, 1.807) is 0 Å². The van der Waals surface area contributed by atoms with Gasteiger partial charge in [0.15, 0.2) is 0 Å². The molecule has 0 aliphatic carbocycles. The van der Waals surface area contributed by atoms with Gasteiger partial charge in [0.1, 0.15) is 6.61 Å². The highest BCUT2D eigenvalue weighted by Gasteiger charge is 2.04. The second-order valence-electron chi connectivity index (χ2n) is 5.30. The third kappa shape index (κ3) is 11.0. The van der Waals surface area contributed by atoms with Gasteiger partial charge >= 0.3 is 5.97 Å². The summed E-state index contributed by atoms with van der Waals surface area (Å²) in [6.45, 7) is 7.48. The van der Waals surface area contributed by atoms with Gasteiger partial charge in [0.2, 0.25) is 0 Å². The molecule has 0 aromatic rings. The predicted octanol–water partition coefficient (Wildman–Crippen LogP) is 2.91. The van der Waals surface area contributed by atoms with Crippen LogP contribution < -0.4 is 0 Å². The second kappa shape index (κ2) is 11.3. The molecule has 0 aromatic heterocycles. The van der Waals surface area contributed by atoms with Gasteiger partial charge in [-0.1, -0.05) is 23.3 Å². The average Bonchev–Trinajstić information content (AvgIpc) is 2.43. The normalized spacial score (nSPS) is 15.0. The molecule has 0 heterocycles. The zero-order chi connectivity index (χ0) is 16.3. The Bertz CT molecular complexity index is 405. The summed E-state index contributed by atoms with van der Waals surface area (Å²) in [7, 11) is 0. The van der Waals surface area contributed by atoms with E-state index in [0.717, 1.165) is 29.6 Å². The topological polar surface area (TPSA) is 66.8 Å². The van der Waals surface area contributed by atoms with Crippen LogP contribution in [0.3, 0.4) is 0 Å². The Labute approximate surface area is 127 Å². The fraction of sp³-hybridized carbons (Fsp3) is 0.588. The minimum absolute atomic E-state index is 0.0296. The van der Waals surface area contributed by atoms with Crippen molar-refractivity contribution >= 4 is 5.97 Å². The van der Waals surface area contributed by atoms with Gasteiger partial charge in [0, 0.05) is 6.92 Å². The molecule has 0 aromatic carbocycles. The van der Waals surface area contributed by atoms with Crippen molar-refractivity contribution in [1.82, 2.24) is 0 Å². The fourth-order valence-electron chi connectivity index (χ4n) is 1.63. The number of rotatable bonds is 9. The van der Waals surface area contributed by atoms with Gasteiger partial charge in [-0.05, 0) is 51.7 Å². The molecular weight excluding hydrogens is 268 g/mol. The largest absolute Gasteiger partial charge is 0.462 e. The van der Waals surface area contributed by atoms with E-state index in [1.807, 2.05) is 39.0 Å². The lowest BCUT2D eigenvalue weighted by Crippen LogP contribution is -2.07. The van der Waals surface area contributed by atoms with E-state index < -0.39 is 6.10 Å². The zero-order valence-electron chi connectivity index (χ0n) is 13.6. The van der Waals surface area contributed by atoms with E-state index in [9.17, 15) is 9.90 Å². The Balaban J connectivity index is 4.13. The molecule has 0 radical (unpaired) electrons. The van der Waals surface area contributed by atoms with Gasteiger partial charge in [-0.25, -0.2) is 0 Å². The maximum Gasteiger partial charge on any atom is 0.302 e. The van der Waals surface area contributed by atoms with Crippen molar-refractivity contribution in [3.05, 3.63) is 34.9 Å². The summed E-state index contributed by atoms with van der Waals surface area (Å²) in [6, 6.07) is 0. The van der Waals surface area contributed by atoms with Crippen molar-refractivity contribution in [2.24, 2.45) is 0 Å². The number of carbonyl (C=O) groups is 1. The highest BCUT2D eigenvalue weighted by atomic mass is 16.5. The molecule has 0 aliphatic rings. The van der Waals surface area contributed by atoms with Crippen LogP contribution in [0.15, 0.2) is 34.9 Å². The first-order valence-electron chi connectivity index (χ1n) is 7.27. The van der Waals surface area contributed by atoms with Crippen molar-refractivity contribution in [3.63, 3.8) is 0 Å². The number of ether oxygens (including phenoxy) is 1. The zero-order valence-corrected chi connectivity index (χ0v) is 13.6. The smallest absolute Gasteiger partial charge is 0.302 e. The summed E-state index contributed by atoms with van der Waals surface area (Å²) in [4.78, 5) is 10.6. The Morgan fingerprint density at radius 1 is 1.10 bits per heavy atom. The predicted molar refractivity (Wildman–Crippen MR) is 84.8 cm³/mol. The molecule has 120 valence electrons. The number of carbonyl (C=O) groups excluding carboxylic acids is 1. The van der Waals surface area contributed by atoms with Crippen molar-refractivity contribution < 1.29 is 19.7 Å². The summed E-state index contributed by atoms with van der Waals surface area (Å²) in [5, 5.41) is 18.9. The van der Waals surface area contributed by atoms with Crippen LogP contribution in [0.1, 0.15) is 47.0 Å². The molecule has 1 atom stereocenters. The Morgan fingerprint density at radius 3 is 2.33 bits per heavy atom. The van der Waals surface area contributed by atoms with Crippen LogP contribution in [0.4, 0.5) is 0 Å². The third-order valence-corrected chi connectivity index (χ3v) is 3.19. The lowest BCUT2D eigenvalue weighted by molar-refractivity contribution is -0.139. The molecule has 2 N–H and O–H groups in total. The number of esters is 1. The Hall–Kier alpha value is -1.39. The van der Waals surface area contributed by atoms with Gasteiger partial charge in [0.25, 0.3) is 0 Å². The van der Waals surface area contributed by atoms with E-state index in [0.29, 0.717) is 13.0 Å². The Morgan fingerprint density at radius 2 is 1.76 bits per heavy atom. The van der Waals surface area contributed by atoms with Gasteiger partial charge in [-0.3, -0.25) is 4.79 Å². The molecule has 0 amide bonds.